The normalized spacial score (nSPS) is 10.1. The van der Waals surface area contributed by atoms with E-state index in [0.29, 0.717) is 4.88 Å². The summed E-state index contributed by atoms with van der Waals surface area (Å²) in [6.45, 7) is 5.09. The van der Waals surface area contributed by atoms with Crippen molar-refractivity contribution in [1.82, 2.24) is 4.98 Å². The zero-order chi connectivity index (χ0) is 13.0. The standard InChI is InChI=1S/C14H15N3S/c1-10-3-4-12(7-11(10)2)5-6-16-14-17-9-13(8-15)18-14/h3-4,7,9H,5-6H2,1-2H3,(H,16,17). The van der Waals surface area contributed by atoms with Crippen molar-refractivity contribution in [2.24, 2.45) is 0 Å². The van der Waals surface area contributed by atoms with E-state index in [1.54, 1.807) is 6.20 Å². The van der Waals surface area contributed by atoms with Crippen LogP contribution in [0.3, 0.4) is 0 Å². The third-order valence-corrected chi connectivity index (χ3v) is 3.74. The minimum atomic E-state index is 0.642. The zero-order valence-electron chi connectivity index (χ0n) is 10.5. The van der Waals surface area contributed by atoms with Crippen LogP contribution in [0.25, 0.3) is 0 Å². The average Bonchev–Trinajstić information content (AvgIpc) is 2.82. The number of benzene rings is 1. The monoisotopic (exact) mass is 257 g/mol. The highest BCUT2D eigenvalue weighted by Gasteiger charge is 2.01. The summed E-state index contributed by atoms with van der Waals surface area (Å²) in [6.07, 6.45) is 2.56. The van der Waals surface area contributed by atoms with Crippen LogP contribution in [0.4, 0.5) is 5.13 Å². The second-order valence-electron chi connectivity index (χ2n) is 4.24. The molecule has 0 saturated carbocycles. The van der Waals surface area contributed by atoms with Crippen LogP contribution in [0.1, 0.15) is 21.6 Å². The van der Waals surface area contributed by atoms with E-state index in [-0.39, 0.29) is 0 Å². The molecule has 1 N–H and O–H groups in total. The Labute approximate surface area is 111 Å². The summed E-state index contributed by atoms with van der Waals surface area (Å²) in [7, 11) is 0. The van der Waals surface area contributed by atoms with Crippen molar-refractivity contribution >= 4 is 16.5 Å². The molecule has 0 aliphatic heterocycles. The van der Waals surface area contributed by atoms with Crippen LogP contribution >= 0.6 is 11.3 Å². The maximum atomic E-state index is 8.70. The maximum absolute atomic E-state index is 8.70. The molecule has 18 heavy (non-hydrogen) atoms. The number of hydrogen-bond donors (Lipinski definition) is 1. The van der Waals surface area contributed by atoms with Gasteiger partial charge in [-0.3, -0.25) is 0 Å². The van der Waals surface area contributed by atoms with E-state index in [9.17, 15) is 0 Å². The van der Waals surface area contributed by atoms with Crippen LogP contribution in [0.2, 0.25) is 0 Å². The summed E-state index contributed by atoms with van der Waals surface area (Å²) in [5.41, 5.74) is 3.97. The quantitative estimate of drug-likeness (QED) is 0.914. The summed E-state index contributed by atoms with van der Waals surface area (Å²) >= 11 is 1.39. The Bertz CT molecular complexity index is 581. The van der Waals surface area contributed by atoms with Gasteiger partial charge < -0.3 is 5.32 Å². The average molecular weight is 257 g/mol. The summed E-state index contributed by atoms with van der Waals surface area (Å²) < 4.78 is 0. The van der Waals surface area contributed by atoms with Crippen molar-refractivity contribution in [2.75, 3.05) is 11.9 Å². The highest BCUT2D eigenvalue weighted by Crippen LogP contribution is 2.17. The third-order valence-electron chi connectivity index (χ3n) is 2.88. The van der Waals surface area contributed by atoms with Crippen LogP contribution in [0.5, 0.6) is 0 Å². The Morgan fingerprint density at radius 3 is 2.83 bits per heavy atom. The predicted octanol–water partition coefficient (Wildman–Crippen LogP) is 3.29. The molecule has 0 amide bonds. The van der Waals surface area contributed by atoms with E-state index in [0.717, 1.165) is 18.1 Å². The van der Waals surface area contributed by atoms with Crippen molar-refractivity contribution in [2.45, 2.75) is 20.3 Å². The Morgan fingerprint density at radius 2 is 2.17 bits per heavy atom. The van der Waals surface area contributed by atoms with Crippen LogP contribution in [0.15, 0.2) is 24.4 Å². The Hall–Kier alpha value is -1.86. The Kier molecular flexibility index (Phi) is 3.96. The minimum Gasteiger partial charge on any atom is -0.361 e. The van der Waals surface area contributed by atoms with Gasteiger partial charge in [0.2, 0.25) is 0 Å². The van der Waals surface area contributed by atoms with Gasteiger partial charge >= 0.3 is 0 Å². The highest BCUT2D eigenvalue weighted by molar-refractivity contribution is 7.16. The van der Waals surface area contributed by atoms with E-state index in [4.69, 9.17) is 5.26 Å². The van der Waals surface area contributed by atoms with Crippen LogP contribution in [-0.4, -0.2) is 11.5 Å². The van der Waals surface area contributed by atoms with Crippen molar-refractivity contribution in [1.29, 1.82) is 5.26 Å². The van der Waals surface area contributed by atoms with E-state index in [1.807, 2.05) is 0 Å². The van der Waals surface area contributed by atoms with E-state index in [2.05, 4.69) is 48.4 Å². The molecule has 0 aliphatic carbocycles. The first kappa shape index (κ1) is 12.6. The molecule has 1 aromatic heterocycles. The summed E-state index contributed by atoms with van der Waals surface area (Å²) in [6, 6.07) is 8.62. The lowest BCUT2D eigenvalue weighted by Crippen LogP contribution is -2.04. The molecular formula is C14H15N3S. The first-order chi connectivity index (χ1) is 8.69. The molecule has 0 radical (unpaired) electrons. The van der Waals surface area contributed by atoms with E-state index >= 15 is 0 Å². The molecule has 0 unspecified atom stereocenters. The van der Waals surface area contributed by atoms with Gasteiger partial charge in [0.1, 0.15) is 10.9 Å². The molecule has 2 rings (SSSR count). The van der Waals surface area contributed by atoms with Gasteiger partial charge in [-0.05, 0) is 37.0 Å². The predicted molar refractivity (Wildman–Crippen MR) is 74.9 cm³/mol. The number of nitriles is 1. The molecule has 0 bridgehead atoms. The lowest BCUT2D eigenvalue weighted by Gasteiger charge is -2.06. The number of aromatic nitrogens is 1. The first-order valence-corrected chi connectivity index (χ1v) is 6.66. The fourth-order valence-corrected chi connectivity index (χ4v) is 2.32. The van der Waals surface area contributed by atoms with Gasteiger partial charge in [-0.2, -0.15) is 5.26 Å². The number of aryl methyl sites for hydroxylation is 2. The number of hydrogen-bond acceptors (Lipinski definition) is 4. The van der Waals surface area contributed by atoms with Crippen molar-refractivity contribution in [3.63, 3.8) is 0 Å². The Balaban J connectivity index is 1.88. The van der Waals surface area contributed by atoms with Crippen molar-refractivity contribution in [3.05, 3.63) is 46.0 Å². The maximum Gasteiger partial charge on any atom is 0.183 e. The van der Waals surface area contributed by atoms with Gasteiger partial charge in [0.25, 0.3) is 0 Å². The molecule has 0 saturated heterocycles. The molecule has 0 atom stereocenters. The summed E-state index contributed by atoms with van der Waals surface area (Å²) in [4.78, 5) is 4.78. The fraction of sp³-hybridized carbons (Fsp3) is 0.286. The topological polar surface area (TPSA) is 48.7 Å². The molecule has 92 valence electrons. The van der Waals surface area contributed by atoms with Gasteiger partial charge in [0, 0.05) is 6.54 Å². The fourth-order valence-electron chi connectivity index (χ4n) is 1.68. The summed E-state index contributed by atoms with van der Waals surface area (Å²) in [5, 5.41) is 12.8. The number of rotatable bonds is 4. The molecule has 0 aliphatic rings. The number of nitrogens with zero attached hydrogens (tertiary/aromatic N) is 2. The third kappa shape index (κ3) is 3.08. The first-order valence-electron chi connectivity index (χ1n) is 5.85. The minimum absolute atomic E-state index is 0.642. The number of anilines is 1. The van der Waals surface area contributed by atoms with E-state index < -0.39 is 0 Å². The van der Waals surface area contributed by atoms with Gasteiger partial charge in [-0.1, -0.05) is 29.5 Å². The molecule has 1 aromatic carbocycles. The molecule has 0 spiro atoms. The second-order valence-corrected chi connectivity index (χ2v) is 5.27. The molecular weight excluding hydrogens is 242 g/mol. The SMILES string of the molecule is Cc1ccc(CCNc2ncc(C#N)s2)cc1C. The lowest BCUT2D eigenvalue weighted by atomic mass is 10.0. The largest absolute Gasteiger partial charge is 0.361 e. The number of nitrogens with one attached hydrogen (secondary N) is 1. The zero-order valence-corrected chi connectivity index (χ0v) is 11.3. The van der Waals surface area contributed by atoms with Crippen LogP contribution in [-0.2, 0) is 6.42 Å². The van der Waals surface area contributed by atoms with Gasteiger partial charge in [0.15, 0.2) is 5.13 Å². The number of thiazole rings is 1. The van der Waals surface area contributed by atoms with Crippen LogP contribution in [0, 0.1) is 25.2 Å². The van der Waals surface area contributed by atoms with E-state index in [1.165, 1.54) is 28.0 Å². The highest BCUT2D eigenvalue weighted by atomic mass is 32.1. The van der Waals surface area contributed by atoms with Crippen molar-refractivity contribution in [3.8, 4) is 6.07 Å². The smallest absolute Gasteiger partial charge is 0.183 e. The lowest BCUT2D eigenvalue weighted by molar-refractivity contribution is 1.01. The summed E-state index contributed by atoms with van der Waals surface area (Å²) in [5.74, 6) is 0. The van der Waals surface area contributed by atoms with Gasteiger partial charge in [-0.15, -0.1) is 0 Å². The molecule has 2 aromatic rings. The van der Waals surface area contributed by atoms with Crippen molar-refractivity contribution < 1.29 is 0 Å². The molecule has 1 heterocycles. The molecule has 3 nitrogen and oxygen atoms in total. The molecule has 0 fully saturated rings. The molecule has 4 heteroatoms. The van der Waals surface area contributed by atoms with Gasteiger partial charge in [0.05, 0.1) is 6.20 Å². The Morgan fingerprint density at radius 1 is 1.33 bits per heavy atom. The van der Waals surface area contributed by atoms with Crippen LogP contribution < -0.4 is 5.32 Å². The van der Waals surface area contributed by atoms with Gasteiger partial charge in [-0.25, -0.2) is 4.98 Å². The second kappa shape index (κ2) is 5.65.